The van der Waals surface area contributed by atoms with Crippen molar-refractivity contribution in [2.24, 2.45) is 0 Å². The minimum atomic E-state index is -0.771. The van der Waals surface area contributed by atoms with Crippen LogP contribution in [0.3, 0.4) is 0 Å². The molecule has 4 heteroatoms. The molecule has 132 valence electrons. The Morgan fingerprint density at radius 2 is 1.96 bits per heavy atom. The largest absolute Gasteiger partial charge is 0.492 e. The molecule has 0 atom stereocenters. The highest BCUT2D eigenvalue weighted by Gasteiger charge is 2.03. The van der Waals surface area contributed by atoms with Gasteiger partial charge in [0.1, 0.15) is 12.4 Å². The number of carboxylic acids is 1. The Hall–Kier alpha value is -2.23. The highest BCUT2D eigenvalue weighted by Crippen LogP contribution is 2.14. The molecule has 24 heavy (non-hydrogen) atoms. The van der Waals surface area contributed by atoms with E-state index in [1.807, 2.05) is 24.3 Å². The predicted octanol–water partition coefficient (Wildman–Crippen LogP) is 4.27. The predicted molar refractivity (Wildman–Crippen MR) is 98.3 cm³/mol. The number of hydrogen-bond acceptors (Lipinski definition) is 3. The number of carbonyl (C=O) groups is 1. The third kappa shape index (κ3) is 7.86. The van der Waals surface area contributed by atoms with Gasteiger partial charge in [0, 0.05) is 18.7 Å². The van der Waals surface area contributed by atoms with Crippen LogP contribution in [0, 0.1) is 0 Å². The first-order chi connectivity index (χ1) is 11.6. The molecule has 0 unspecified atom stereocenters. The van der Waals surface area contributed by atoms with Crippen molar-refractivity contribution in [3.63, 3.8) is 0 Å². The number of aryl methyl sites for hydroxylation is 1. The topological polar surface area (TPSA) is 49.8 Å². The van der Waals surface area contributed by atoms with Crippen molar-refractivity contribution in [1.29, 1.82) is 0 Å². The third-order valence-electron chi connectivity index (χ3n) is 3.77. The van der Waals surface area contributed by atoms with E-state index in [-0.39, 0.29) is 6.42 Å². The number of ether oxygens (including phenoxy) is 1. The van der Waals surface area contributed by atoms with E-state index in [9.17, 15) is 4.79 Å². The number of benzene rings is 1. The molecule has 0 bridgehead atoms. The number of nitrogens with zero attached hydrogens (tertiary/aromatic N) is 1. The fourth-order valence-corrected chi connectivity index (χ4v) is 2.31. The van der Waals surface area contributed by atoms with Crippen molar-refractivity contribution in [2.45, 2.75) is 40.0 Å². The SMILES string of the molecule is CC/C=C\C=C(/C)N(CC)CCOc1ccc(CCC(=O)O)cc1. The molecule has 1 rings (SSSR count). The molecule has 1 N–H and O–H groups in total. The van der Waals surface area contributed by atoms with Gasteiger partial charge in [-0.1, -0.05) is 31.2 Å². The zero-order valence-electron chi connectivity index (χ0n) is 15.0. The summed E-state index contributed by atoms with van der Waals surface area (Å²) in [6.45, 7) is 8.77. The normalized spacial score (nSPS) is 11.7. The minimum Gasteiger partial charge on any atom is -0.492 e. The molecule has 0 spiro atoms. The van der Waals surface area contributed by atoms with Gasteiger partial charge < -0.3 is 14.7 Å². The van der Waals surface area contributed by atoms with Gasteiger partial charge in [0.25, 0.3) is 0 Å². The van der Waals surface area contributed by atoms with Crippen LogP contribution in [0.2, 0.25) is 0 Å². The Morgan fingerprint density at radius 1 is 1.25 bits per heavy atom. The molecule has 0 amide bonds. The zero-order chi connectivity index (χ0) is 17.8. The first-order valence-electron chi connectivity index (χ1n) is 8.58. The maximum absolute atomic E-state index is 10.6. The summed E-state index contributed by atoms with van der Waals surface area (Å²) in [7, 11) is 0. The first-order valence-corrected chi connectivity index (χ1v) is 8.58. The Bertz CT molecular complexity index is 547. The molecule has 0 aliphatic rings. The van der Waals surface area contributed by atoms with Crippen molar-refractivity contribution < 1.29 is 14.6 Å². The second-order valence-corrected chi connectivity index (χ2v) is 5.61. The summed E-state index contributed by atoms with van der Waals surface area (Å²) >= 11 is 0. The number of allylic oxidation sites excluding steroid dienone is 4. The lowest BCUT2D eigenvalue weighted by atomic mass is 10.1. The Labute approximate surface area is 145 Å². The van der Waals surface area contributed by atoms with Gasteiger partial charge in [-0.05, 0) is 50.5 Å². The first kappa shape index (κ1) is 19.8. The van der Waals surface area contributed by atoms with Crippen LogP contribution in [0.1, 0.15) is 39.2 Å². The van der Waals surface area contributed by atoms with Crippen molar-refractivity contribution >= 4 is 5.97 Å². The van der Waals surface area contributed by atoms with Crippen molar-refractivity contribution in [2.75, 3.05) is 19.7 Å². The minimum absolute atomic E-state index is 0.157. The molecule has 0 radical (unpaired) electrons. The van der Waals surface area contributed by atoms with Crippen molar-refractivity contribution in [3.05, 3.63) is 53.8 Å². The van der Waals surface area contributed by atoms with Crippen LogP contribution in [-0.2, 0) is 11.2 Å². The lowest BCUT2D eigenvalue weighted by Gasteiger charge is -2.23. The molecule has 1 aromatic rings. The molecule has 4 nitrogen and oxygen atoms in total. The van der Waals surface area contributed by atoms with E-state index in [1.165, 1.54) is 5.70 Å². The van der Waals surface area contributed by atoms with Gasteiger partial charge in [-0.15, -0.1) is 0 Å². The molecular formula is C20H29NO3. The van der Waals surface area contributed by atoms with Gasteiger partial charge in [0.2, 0.25) is 0 Å². The molecular weight excluding hydrogens is 302 g/mol. The van der Waals surface area contributed by atoms with E-state index in [4.69, 9.17) is 9.84 Å². The van der Waals surface area contributed by atoms with Crippen LogP contribution < -0.4 is 4.74 Å². The molecule has 0 saturated carbocycles. The van der Waals surface area contributed by atoms with Gasteiger partial charge in [0.15, 0.2) is 0 Å². The van der Waals surface area contributed by atoms with Crippen molar-refractivity contribution in [1.82, 2.24) is 4.90 Å². The maximum Gasteiger partial charge on any atom is 0.303 e. The highest BCUT2D eigenvalue weighted by molar-refractivity contribution is 5.67. The zero-order valence-corrected chi connectivity index (χ0v) is 15.0. The quantitative estimate of drug-likeness (QED) is 0.615. The Morgan fingerprint density at radius 3 is 2.54 bits per heavy atom. The third-order valence-corrected chi connectivity index (χ3v) is 3.77. The molecule has 0 aliphatic carbocycles. The van der Waals surface area contributed by atoms with Gasteiger partial charge in [-0.25, -0.2) is 0 Å². The number of rotatable bonds is 11. The summed E-state index contributed by atoms with van der Waals surface area (Å²) in [4.78, 5) is 12.9. The summed E-state index contributed by atoms with van der Waals surface area (Å²) in [5, 5.41) is 8.70. The van der Waals surface area contributed by atoms with E-state index in [0.29, 0.717) is 13.0 Å². The standard InChI is InChI=1S/C20H29NO3/c1-4-6-7-8-17(3)21(5-2)15-16-24-19-12-9-18(10-13-19)11-14-20(22)23/h6-10,12-13H,4-5,11,14-16H2,1-3H3,(H,22,23)/b7-6-,17-8+. The molecule has 0 aliphatic heterocycles. The number of aliphatic carboxylic acids is 1. The van der Waals surface area contributed by atoms with E-state index < -0.39 is 5.97 Å². The summed E-state index contributed by atoms with van der Waals surface area (Å²) in [6, 6.07) is 7.66. The molecule has 0 saturated heterocycles. The summed E-state index contributed by atoms with van der Waals surface area (Å²) in [5.74, 6) is 0.0461. The molecule has 0 fully saturated rings. The van der Waals surface area contributed by atoms with E-state index in [0.717, 1.165) is 30.8 Å². The van der Waals surface area contributed by atoms with Crippen molar-refractivity contribution in [3.8, 4) is 5.75 Å². The van der Waals surface area contributed by atoms with E-state index >= 15 is 0 Å². The fraction of sp³-hybridized carbons (Fsp3) is 0.450. The fourth-order valence-electron chi connectivity index (χ4n) is 2.31. The molecule has 0 heterocycles. The van der Waals surface area contributed by atoms with Crippen LogP contribution in [0.5, 0.6) is 5.75 Å². The number of carboxylic acid groups (broad SMARTS) is 1. The lowest BCUT2D eigenvalue weighted by Crippen LogP contribution is -2.26. The average Bonchev–Trinajstić information content (AvgIpc) is 2.58. The summed E-state index contributed by atoms with van der Waals surface area (Å²) < 4.78 is 5.79. The van der Waals surface area contributed by atoms with E-state index in [1.54, 1.807) is 0 Å². The van der Waals surface area contributed by atoms with Gasteiger partial charge in [-0.2, -0.15) is 0 Å². The Balaban J connectivity index is 2.43. The summed E-state index contributed by atoms with van der Waals surface area (Å²) in [5.41, 5.74) is 2.25. The van der Waals surface area contributed by atoms with Crippen LogP contribution in [0.25, 0.3) is 0 Å². The van der Waals surface area contributed by atoms with E-state index in [2.05, 4.69) is 43.9 Å². The molecule has 0 aromatic heterocycles. The van der Waals surface area contributed by atoms with Crippen LogP contribution in [0.15, 0.2) is 48.2 Å². The van der Waals surface area contributed by atoms with Crippen LogP contribution in [0.4, 0.5) is 0 Å². The average molecular weight is 331 g/mol. The molecule has 1 aromatic carbocycles. The summed E-state index contributed by atoms with van der Waals surface area (Å²) in [6.07, 6.45) is 8.11. The van der Waals surface area contributed by atoms with Crippen LogP contribution >= 0.6 is 0 Å². The number of likely N-dealkylation sites (N-methyl/N-ethyl adjacent to an activating group) is 1. The highest BCUT2D eigenvalue weighted by atomic mass is 16.5. The smallest absolute Gasteiger partial charge is 0.303 e. The second kappa shape index (κ2) is 11.3. The van der Waals surface area contributed by atoms with Crippen LogP contribution in [-0.4, -0.2) is 35.7 Å². The monoisotopic (exact) mass is 331 g/mol. The Kier molecular flexibility index (Phi) is 9.35. The maximum atomic E-state index is 10.6. The lowest BCUT2D eigenvalue weighted by molar-refractivity contribution is -0.136. The second-order valence-electron chi connectivity index (χ2n) is 5.61. The van der Waals surface area contributed by atoms with Gasteiger partial charge in [-0.3, -0.25) is 4.79 Å². The van der Waals surface area contributed by atoms with Gasteiger partial charge in [0.05, 0.1) is 6.54 Å². The van der Waals surface area contributed by atoms with Gasteiger partial charge >= 0.3 is 5.97 Å². The number of hydrogen-bond donors (Lipinski definition) is 1.